The van der Waals surface area contributed by atoms with Gasteiger partial charge in [-0.15, -0.1) is 0 Å². The Morgan fingerprint density at radius 1 is 1.22 bits per heavy atom. The van der Waals surface area contributed by atoms with Crippen LogP contribution < -0.4 is 11.1 Å². The van der Waals surface area contributed by atoms with Crippen LogP contribution in [-0.2, 0) is 0 Å². The zero-order valence-corrected chi connectivity index (χ0v) is 11.3. The Morgan fingerprint density at radius 2 is 2.06 bits per heavy atom. The second-order valence-corrected chi connectivity index (χ2v) is 5.35. The van der Waals surface area contributed by atoms with Gasteiger partial charge in [0.25, 0.3) is 0 Å². The fourth-order valence-electron chi connectivity index (χ4n) is 1.74. The molecule has 0 radical (unpaired) electrons. The molecule has 4 nitrogen and oxygen atoms in total. The van der Waals surface area contributed by atoms with E-state index in [-0.39, 0.29) is 0 Å². The van der Waals surface area contributed by atoms with Crippen LogP contribution in [0.3, 0.4) is 0 Å². The Balaban J connectivity index is 1.97. The molecule has 1 fully saturated rings. The molecule has 0 amide bonds. The zero-order chi connectivity index (χ0) is 12.5. The summed E-state index contributed by atoms with van der Waals surface area (Å²) in [6, 6.07) is 10.3. The summed E-state index contributed by atoms with van der Waals surface area (Å²) < 4.78 is 1.02. The number of anilines is 2. The maximum atomic E-state index is 5.83. The summed E-state index contributed by atoms with van der Waals surface area (Å²) in [7, 11) is 0. The third-order valence-corrected chi connectivity index (χ3v) is 3.27. The summed E-state index contributed by atoms with van der Waals surface area (Å²) in [6.07, 6.45) is 2.37. The van der Waals surface area contributed by atoms with E-state index in [1.807, 2.05) is 24.3 Å². The van der Waals surface area contributed by atoms with Crippen molar-refractivity contribution in [3.63, 3.8) is 0 Å². The number of hydrogen-bond donors (Lipinski definition) is 2. The average molecular weight is 305 g/mol. The molecule has 0 bridgehead atoms. The van der Waals surface area contributed by atoms with Gasteiger partial charge in [0.2, 0.25) is 5.95 Å². The number of nitrogen functional groups attached to an aromatic ring is 1. The van der Waals surface area contributed by atoms with Crippen LogP contribution in [0.2, 0.25) is 0 Å². The summed E-state index contributed by atoms with van der Waals surface area (Å²) in [6.45, 7) is 0. The Hall–Kier alpha value is -1.62. The van der Waals surface area contributed by atoms with Crippen LogP contribution in [0.15, 0.2) is 34.8 Å². The summed E-state index contributed by atoms with van der Waals surface area (Å²) >= 11 is 3.46. The van der Waals surface area contributed by atoms with E-state index < -0.39 is 0 Å². The highest BCUT2D eigenvalue weighted by atomic mass is 79.9. The molecule has 0 saturated heterocycles. The van der Waals surface area contributed by atoms with Crippen molar-refractivity contribution in [3.05, 3.63) is 34.8 Å². The lowest BCUT2D eigenvalue weighted by Crippen LogP contribution is -2.07. The lowest BCUT2D eigenvalue weighted by atomic mass is 10.1. The minimum atomic E-state index is 0.489. The predicted octanol–water partition coefficient (Wildman–Crippen LogP) is 3.06. The van der Waals surface area contributed by atoms with Gasteiger partial charge in [0.05, 0.1) is 5.69 Å². The molecule has 1 saturated carbocycles. The summed E-state index contributed by atoms with van der Waals surface area (Å²) in [4.78, 5) is 8.71. The maximum Gasteiger partial charge on any atom is 0.225 e. The number of aromatic nitrogens is 2. The highest BCUT2D eigenvalue weighted by Gasteiger charge is 2.22. The molecule has 1 aliphatic carbocycles. The number of benzene rings is 1. The first-order chi connectivity index (χ1) is 8.70. The molecule has 3 rings (SSSR count). The number of halogens is 1. The second kappa shape index (κ2) is 4.57. The highest BCUT2D eigenvalue weighted by Crippen LogP contribution is 2.26. The van der Waals surface area contributed by atoms with Gasteiger partial charge in [-0.25, -0.2) is 4.98 Å². The van der Waals surface area contributed by atoms with Crippen LogP contribution in [0.5, 0.6) is 0 Å². The molecular formula is C13H13BrN4. The monoisotopic (exact) mass is 304 g/mol. The van der Waals surface area contributed by atoms with Crippen molar-refractivity contribution >= 4 is 27.7 Å². The number of nitrogens with zero attached hydrogens (tertiary/aromatic N) is 2. The van der Waals surface area contributed by atoms with Gasteiger partial charge in [-0.3, -0.25) is 0 Å². The van der Waals surface area contributed by atoms with Crippen molar-refractivity contribution in [2.75, 3.05) is 11.1 Å². The number of nitrogens with two attached hydrogens (primary N) is 1. The van der Waals surface area contributed by atoms with E-state index in [1.165, 1.54) is 12.8 Å². The largest absolute Gasteiger partial charge is 0.384 e. The van der Waals surface area contributed by atoms with Crippen molar-refractivity contribution in [1.29, 1.82) is 0 Å². The van der Waals surface area contributed by atoms with Gasteiger partial charge in [-0.2, -0.15) is 4.98 Å². The molecule has 0 atom stereocenters. The van der Waals surface area contributed by atoms with Crippen molar-refractivity contribution < 1.29 is 0 Å². The molecule has 1 aromatic heterocycles. The van der Waals surface area contributed by atoms with Gasteiger partial charge < -0.3 is 11.1 Å². The maximum absolute atomic E-state index is 5.83. The van der Waals surface area contributed by atoms with Crippen LogP contribution in [0, 0.1) is 0 Å². The van der Waals surface area contributed by atoms with Crippen molar-refractivity contribution in [2.45, 2.75) is 18.9 Å². The van der Waals surface area contributed by atoms with Gasteiger partial charge in [-0.1, -0.05) is 28.1 Å². The van der Waals surface area contributed by atoms with Gasteiger partial charge in [0.1, 0.15) is 5.82 Å². The summed E-state index contributed by atoms with van der Waals surface area (Å²) in [5, 5.41) is 3.27. The lowest BCUT2D eigenvalue weighted by molar-refractivity contribution is 1.06. The van der Waals surface area contributed by atoms with E-state index in [0.29, 0.717) is 17.8 Å². The minimum Gasteiger partial charge on any atom is -0.384 e. The Labute approximate surface area is 114 Å². The Kier molecular flexibility index (Phi) is 2.91. The van der Waals surface area contributed by atoms with Gasteiger partial charge in [0.15, 0.2) is 0 Å². The average Bonchev–Trinajstić information content (AvgIpc) is 3.12. The number of hydrogen-bond acceptors (Lipinski definition) is 4. The Morgan fingerprint density at radius 3 is 2.78 bits per heavy atom. The molecule has 92 valence electrons. The molecule has 2 aromatic rings. The normalized spacial score (nSPS) is 14.5. The molecule has 3 N–H and O–H groups in total. The van der Waals surface area contributed by atoms with Crippen molar-refractivity contribution in [1.82, 2.24) is 9.97 Å². The van der Waals surface area contributed by atoms with Crippen LogP contribution in [0.4, 0.5) is 11.8 Å². The van der Waals surface area contributed by atoms with Crippen molar-refractivity contribution in [3.8, 4) is 11.3 Å². The zero-order valence-electron chi connectivity index (χ0n) is 9.73. The van der Waals surface area contributed by atoms with Gasteiger partial charge in [-0.05, 0) is 25.0 Å². The number of nitrogens with one attached hydrogen (secondary N) is 1. The topological polar surface area (TPSA) is 63.8 Å². The third-order valence-electron chi connectivity index (χ3n) is 2.78. The quantitative estimate of drug-likeness (QED) is 0.915. The molecule has 1 aromatic carbocycles. The Bertz CT molecular complexity index is 581. The molecule has 18 heavy (non-hydrogen) atoms. The molecule has 0 spiro atoms. The van der Waals surface area contributed by atoms with E-state index in [0.717, 1.165) is 15.7 Å². The van der Waals surface area contributed by atoms with E-state index in [9.17, 15) is 0 Å². The van der Waals surface area contributed by atoms with E-state index in [2.05, 4.69) is 31.2 Å². The molecule has 1 aliphatic rings. The third kappa shape index (κ3) is 2.61. The fourth-order valence-corrected chi connectivity index (χ4v) is 2.14. The number of rotatable bonds is 3. The van der Waals surface area contributed by atoms with Crippen LogP contribution in [0.1, 0.15) is 12.8 Å². The molecule has 0 aliphatic heterocycles. The van der Waals surface area contributed by atoms with Crippen LogP contribution >= 0.6 is 15.9 Å². The first-order valence-electron chi connectivity index (χ1n) is 5.88. The smallest absolute Gasteiger partial charge is 0.225 e. The van der Waals surface area contributed by atoms with Crippen LogP contribution in [-0.4, -0.2) is 16.0 Å². The summed E-state index contributed by atoms with van der Waals surface area (Å²) in [5.41, 5.74) is 7.69. The first-order valence-corrected chi connectivity index (χ1v) is 6.67. The highest BCUT2D eigenvalue weighted by molar-refractivity contribution is 9.10. The lowest BCUT2D eigenvalue weighted by Gasteiger charge is -2.07. The van der Waals surface area contributed by atoms with Gasteiger partial charge in [0, 0.05) is 22.1 Å². The van der Waals surface area contributed by atoms with Crippen LogP contribution in [0.25, 0.3) is 11.3 Å². The molecule has 5 heteroatoms. The van der Waals surface area contributed by atoms with E-state index in [1.54, 1.807) is 6.07 Å². The van der Waals surface area contributed by atoms with E-state index >= 15 is 0 Å². The molecular weight excluding hydrogens is 292 g/mol. The molecule has 1 heterocycles. The van der Waals surface area contributed by atoms with Gasteiger partial charge >= 0.3 is 0 Å². The standard InChI is InChI=1S/C13H13BrN4/c14-9-3-1-2-8(6-9)11-7-12(15)18-13(17-11)16-10-4-5-10/h1-3,6-7,10H,4-5H2,(H3,15,16,17,18). The van der Waals surface area contributed by atoms with E-state index in [4.69, 9.17) is 5.73 Å². The first kappa shape index (κ1) is 11.5. The SMILES string of the molecule is Nc1cc(-c2cccc(Br)c2)nc(NC2CC2)n1. The predicted molar refractivity (Wildman–Crippen MR) is 76.2 cm³/mol. The summed E-state index contributed by atoms with van der Waals surface area (Å²) in [5.74, 6) is 1.11. The fraction of sp³-hybridized carbons (Fsp3) is 0.231. The second-order valence-electron chi connectivity index (χ2n) is 4.43. The van der Waals surface area contributed by atoms with Crippen molar-refractivity contribution in [2.24, 2.45) is 0 Å². The molecule has 0 unspecified atom stereocenters. The minimum absolute atomic E-state index is 0.489.